The van der Waals surface area contributed by atoms with Crippen LogP contribution in [0.1, 0.15) is 49.5 Å². The molecule has 0 heterocycles. The Hall–Kier alpha value is -1.16. The highest BCUT2D eigenvalue weighted by atomic mass is 32.2. The van der Waals surface area contributed by atoms with Gasteiger partial charge in [0.2, 0.25) is 0 Å². The van der Waals surface area contributed by atoms with Crippen LogP contribution in [0.5, 0.6) is 0 Å². The van der Waals surface area contributed by atoms with Crippen LogP contribution in [0.3, 0.4) is 0 Å². The van der Waals surface area contributed by atoms with Crippen LogP contribution in [0.2, 0.25) is 0 Å². The molecule has 1 aromatic carbocycles. The molecule has 4 heteroatoms. The van der Waals surface area contributed by atoms with Gasteiger partial charge in [-0.2, -0.15) is 11.8 Å². The largest absolute Gasteiger partial charge is 0.384 e. The Balaban J connectivity index is 2.67. The number of thioether (sulfide) groups is 1. The van der Waals surface area contributed by atoms with Crippen molar-refractivity contribution in [2.24, 2.45) is 0 Å². The Bertz CT molecular complexity index is 448. The summed E-state index contributed by atoms with van der Waals surface area (Å²) in [7, 11) is 0. The lowest BCUT2D eigenvalue weighted by molar-refractivity contribution is 0.0940. The average Bonchev–Trinajstić information content (AvgIpc) is 2.45. The van der Waals surface area contributed by atoms with Crippen LogP contribution in [-0.4, -0.2) is 30.0 Å². The van der Waals surface area contributed by atoms with Gasteiger partial charge in [-0.15, -0.1) is 0 Å². The number of anilines is 1. The summed E-state index contributed by atoms with van der Waals surface area (Å²) < 4.78 is 0. The molecule has 2 N–H and O–H groups in total. The van der Waals surface area contributed by atoms with Crippen LogP contribution >= 0.6 is 11.8 Å². The highest BCUT2D eigenvalue weighted by Gasteiger charge is 2.13. The van der Waals surface area contributed by atoms with E-state index in [2.05, 4.69) is 31.4 Å². The summed E-state index contributed by atoms with van der Waals surface area (Å²) in [6.07, 6.45) is 2.05. The molecular formula is C17H28N2OS. The third kappa shape index (κ3) is 6.42. The normalized spacial score (nSPS) is 12.0. The zero-order valence-corrected chi connectivity index (χ0v) is 14.5. The molecule has 21 heavy (non-hydrogen) atoms. The first kappa shape index (κ1) is 17.9. The van der Waals surface area contributed by atoms with Crippen molar-refractivity contribution in [2.75, 3.05) is 23.4 Å². The van der Waals surface area contributed by atoms with Gasteiger partial charge in [0.1, 0.15) is 0 Å². The molecule has 1 rings (SSSR count). The first-order chi connectivity index (χ1) is 10.1. The van der Waals surface area contributed by atoms with Crippen LogP contribution < -0.4 is 10.6 Å². The summed E-state index contributed by atoms with van der Waals surface area (Å²) in [6.45, 7) is 9.28. The molecule has 0 aliphatic carbocycles. The van der Waals surface area contributed by atoms with Crippen molar-refractivity contribution >= 4 is 23.4 Å². The van der Waals surface area contributed by atoms with Gasteiger partial charge in [-0.25, -0.2) is 0 Å². The van der Waals surface area contributed by atoms with Crippen molar-refractivity contribution in [3.8, 4) is 0 Å². The quantitative estimate of drug-likeness (QED) is 0.675. The molecule has 0 aliphatic rings. The van der Waals surface area contributed by atoms with Crippen LogP contribution in [0.15, 0.2) is 18.2 Å². The van der Waals surface area contributed by atoms with E-state index in [-0.39, 0.29) is 11.9 Å². The van der Waals surface area contributed by atoms with E-state index in [0.717, 1.165) is 47.7 Å². The summed E-state index contributed by atoms with van der Waals surface area (Å²) in [6, 6.07) is 6.15. The number of hydrogen-bond acceptors (Lipinski definition) is 3. The summed E-state index contributed by atoms with van der Waals surface area (Å²) in [5, 5.41) is 6.44. The second-order valence-electron chi connectivity index (χ2n) is 5.34. The van der Waals surface area contributed by atoms with E-state index in [1.54, 1.807) is 0 Å². The van der Waals surface area contributed by atoms with Crippen LogP contribution in [0.25, 0.3) is 0 Å². The lowest BCUT2D eigenvalue weighted by Gasteiger charge is -2.16. The molecule has 0 radical (unpaired) electrons. The molecule has 0 fully saturated rings. The van der Waals surface area contributed by atoms with Crippen LogP contribution in [0.4, 0.5) is 5.69 Å². The third-order valence-electron chi connectivity index (χ3n) is 3.26. The maximum absolute atomic E-state index is 12.4. The van der Waals surface area contributed by atoms with Crippen LogP contribution in [-0.2, 0) is 0 Å². The molecule has 118 valence electrons. The van der Waals surface area contributed by atoms with Gasteiger partial charge >= 0.3 is 0 Å². The van der Waals surface area contributed by atoms with E-state index in [1.807, 2.05) is 36.9 Å². The predicted molar refractivity (Wildman–Crippen MR) is 94.5 cm³/mol. The Morgan fingerprint density at radius 2 is 2.10 bits per heavy atom. The number of amides is 1. The predicted octanol–water partition coefficient (Wildman–Crippen LogP) is 4.08. The fourth-order valence-corrected chi connectivity index (χ4v) is 2.85. The van der Waals surface area contributed by atoms with Gasteiger partial charge in [0.15, 0.2) is 0 Å². The van der Waals surface area contributed by atoms with Gasteiger partial charge in [0, 0.05) is 18.3 Å². The number of carbonyl (C=O) groups excluding carboxylic acids is 1. The van der Waals surface area contributed by atoms with E-state index >= 15 is 0 Å². The fourth-order valence-electron chi connectivity index (χ4n) is 2.04. The van der Waals surface area contributed by atoms with Gasteiger partial charge in [-0.3, -0.25) is 4.79 Å². The molecule has 0 aliphatic heterocycles. The van der Waals surface area contributed by atoms with Gasteiger partial charge in [0.25, 0.3) is 5.91 Å². The topological polar surface area (TPSA) is 41.1 Å². The van der Waals surface area contributed by atoms with Crippen molar-refractivity contribution in [3.05, 3.63) is 29.3 Å². The number of rotatable bonds is 9. The zero-order valence-electron chi connectivity index (χ0n) is 13.7. The smallest absolute Gasteiger partial charge is 0.253 e. The molecule has 1 atom stereocenters. The first-order valence-electron chi connectivity index (χ1n) is 7.81. The number of nitrogens with one attached hydrogen (secondary N) is 2. The molecule has 1 unspecified atom stereocenters. The molecule has 1 amide bonds. The lowest BCUT2D eigenvalue weighted by atomic mass is 10.1. The van der Waals surface area contributed by atoms with E-state index in [9.17, 15) is 4.79 Å². The Morgan fingerprint density at radius 3 is 2.76 bits per heavy atom. The second-order valence-corrected chi connectivity index (χ2v) is 6.73. The second kappa shape index (κ2) is 9.72. The number of benzene rings is 1. The van der Waals surface area contributed by atoms with Gasteiger partial charge < -0.3 is 10.6 Å². The maximum Gasteiger partial charge on any atom is 0.253 e. The molecule has 0 aromatic heterocycles. The highest BCUT2D eigenvalue weighted by Crippen LogP contribution is 2.18. The van der Waals surface area contributed by atoms with Gasteiger partial charge in [-0.1, -0.05) is 19.9 Å². The maximum atomic E-state index is 12.4. The summed E-state index contributed by atoms with van der Waals surface area (Å²) in [4.78, 5) is 12.4. The highest BCUT2D eigenvalue weighted by molar-refractivity contribution is 7.99. The van der Waals surface area contributed by atoms with E-state index < -0.39 is 0 Å². The summed E-state index contributed by atoms with van der Waals surface area (Å²) in [5.74, 6) is 2.24. The monoisotopic (exact) mass is 308 g/mol. The van der Waals surface area contributed by atoms with E-state index in [1.165, 1.54) is 0 Å². The number of aryl methyl sites for hydroxylation is 1. The average molecular weight is 308 g/mol. The molecule has 0 saturated heterocycles. The number of hydrogen-bond donors (Lipinski definition) is 2. The third-order valence-corrected chi connectivity index (χ3v) is 4.19. The molecule has 0 spiro atoms. The Morgan fingerprint density at radius 1 is 1.33 bits per heavy atom. The van der Waals surface area contributed by atoms with Gasteiger partial charge in [-0.05, 0) is 55.9 Å². The Kier molecular flexibility index (Phi) is 8.28. The number of carbonyl (C=O) groups is 1. The van der Waals surface area contributed by atoms with E-state index in [0.29, 0.717) is 0 Å². The minimum absolute atomic E-state index is 0.0163. The van der Waals surface area contributed by atoms with Gasteiger partial charge in [0.05, 0.1) is 5.56 Å². The molecule has 0 saturated carbocycles. The zero-order chi connectivity index (χ0) is 15.7. The SMILES string of the molecule is CCCNc1cc(C)ccc1C(=O)NC(C)CCSCC. The fraction of sp³-hybridized carbons (Fsp3) is 0.588. The lowest BCUT2D eigenvalue weighted by Crippen LogP contribution is -2.33. The van der Waals surface area contributed by atoms with Crippen molar-refractivity contribution < 1.29 is 4.79 Å². The minimum atomic E-state index is 0.0163. The van der Waals surface area contributed by atoms with E-state index in [4.69, 9.17) is 0 Å². The summed E-state index contributed by atoms with van der Waals surface area (Å²) in [5.41, 5.74) is 2.84. The Labute approximate surface area is 133 Å². The minimum Gasteiger partial charge on any atom is -0.384 e. The summed E-state index contributed by atoms with van der Waals surface area (Å²) >= 11 is 1.91. The molecule has 3 nitrogen and oxygen atoms in total. The molecule has 0 bridgehead atoms. The molecular weight excluding hydrogens is 280 g/mol. The molecule has 1 aromatic rings. The van der Waals surface area contributed by atoms with Crippen LogP contribution in [0, 0.1) is 6.92 Å². The van der Waals surface area contributed by atoms with Crippen molar-refractivity contribution in [1.82, 2.24) is 5.32 Å². The standard InChI is InChI=1S/C17H28N2OS/c1-5-10-18-16-12-13(3)7-8-15(16)17(20)19-14(4)9-11-21-6-2/h7-8,12,14,18H,5-6,9-11H2,1-4H3,(H,19,20). The van der Waals surface area contributed by atoms with Crippen molar-refractivity contribution in [1.29, 1.82) is 0 Å². The van der Waals surface area contributed by atoms with Crippen molar-refractivity contribution in [2.45, 2.75) is 46.6 Å². The van der Waals surface area contributed by atoms with Crippen molar-refractivity contribution in [3.63, 3.8) is 0 Å². The first-order valence-corrected chi connectivity index (χ1v) is 8.97.